The van der Waals surface area contributed by atoms with Crippen molar-refractivity contribution >= 4 is 21.8 Å². The van der Waals surface area contributed by atoms with Crippen LogP contribution >= 0.6 is 15.9 Å². The van der Waals surface area contributed by atoms with E-state index in [-0.39, 0.29) is 4.47 Å². The lowest BCUT2D eigenvalue weighted by atomic mass is 10.1. The number of halogens is 3. The zero-order valence-corrected chi connectivity index (χ0v) is 12.2. The third-order valence-corrected chi connectivity index (χ3v) is 3.23. The molecular weight excluding hydrogens is 342 g/mol. The maximum atomic E-state index is 13.7. The Morgan fingerprint density at radius 3 is 2.29 bits per heavy atom. The Morgan fingerprint density at radius 1 is 1.19 bits per heavy atom. The SMILES string of the molecule is N#CC(NC(=O)c1c(F)cc(Br)cc1F)c1ccccc1. The third kappa shape index (κ3) is 3.44. The molecule has 1 N–H and O–H groups in total. The van der Waals surface area contributed by atoms with Crippen molar-refractivity contribution in [3.8, 4) is 6.07 Å². The molecule has 1 amide bonds. The monoisotopic (exact) mass is 350 g/mol. The van der Waals surface area contributed by atoms with Gasteiger partial charge in [0.25, 0.3) is 5.91 Å². The van der Waals surface area contributed by atoms with Crippen LogP contribution in [0, 0.1) is 23.0 Å². The fourth-order valence-electron chi connectivity index (χ4n) is 1.80. The second-order valence-electron chi connectivity index (χ2n) is 4.19. The summed E-state index contributed by atoms with van der Waals surface area (Å²) in [5, 5.41) is 11.4. The van der Waals surface area contributed by atoms with Gasteiger partial charge in [0.2, 0.25) is 0 Å². The highest BCUT2D eigenvalue weighted by atomic mass is 79.9. The fourth-order valence-corrected chi connectivity index (χ4v) is 2.20. The largest absolute Gasteiger partial charge is 0.332 e. The molecule has 6 heteroatoms. The van der Waals surface area contributed by atoms with Gasteiger partial charge < -0.3 is 5.32 Å². The van der Waals surface area contributed by atoms with Gasteiger partial charge in [-0.15, -0.1) is 0 Å². The van der Waals surface area contributed by atoms with Crippen LogP contribution in [-0.2, 0) is 0 Å². The number of amides is 1. The molecule has 0 aromatic heterocycles. The number of benzene rings is 2. The van der Waals surface area contributed by atoms with E-state index in [1.165, 1.54) is 0 Å². The summed E-state index contributed by atoms with van der Waals surface area (Å²) in [6.07, 6.45) is 0. The van der Waals surface area contributed by atoms with Crippen molar-refractivity contribution < 1.29 is 13.6 Å². The van der Waals surface area contributed by atoms with Crippen LogP contribution in [0.5, 0.6) is 0 Å². The van der Waals surface area contributed by atoms with E-state index in [2.05, 4.69) is 21.2 Å². The number of carbonyl (C=O) groups is 1. The molecule has 1 atom stereocenters. The van der Waals surface area contributed by atoms with Crippen LogP contribution in [-0.4, -0.2) is 5.91 Å². The minimum Gasteiger partial charge on any atom is -0.332 e. The molecule has 0 aliphatic rings. The Labute approximate surface area is 128 Å². The van der Waals surface area contributed by atoms with Crippen molar-refractivity contribution in [2.75, 3.05) is 0 Å². The van der Waals surface area contributed by atoms with Gasteiger partial charge >= 0.3 is 0 Å². The van der Waals surface area contributed by atoms with Crippen LogP contribution < -0.4 is 5.32 Å². The Kier molecular flexibility index (Phi) is 4.66. The quantitative estimate of drug-likeness (QED) is 0.916. The molecule has 0 aliphatic heterocycles. The zero-order valence-electron chi connectivity index (χ0n) is 10.6. The maximum absolute atomic E-state index is 13.7. The summed E-state index contributed by atoms with van der Waals surface area (Å²) in [7, 11) is 0. The summed E-state index contributed by atoms with van der Waals surface area (Å²) in [5.41, 5.74) is -0.180. The fraction of sp³-hybridized carbons (Fsp3) is 0.0667. The van der Waals surface area contributed by atoms with Crippen molar-refractivity contribution in [3.63, 3.8) is 0 Å². The summed E-state index contributed by atoms with van der Waals surface area (Å²) >= 11 is 2.93. The lowest BCUT2D eigenvalue weighted by Crippen LogP contribution is -2.29. The number of rotatable bonds is 3. The first-order valence-corrected chi connectivity index (χ1v) is 6.72. The topological polar surface area (TPSA) is 52.9 Å². The Balaban J connectivity index is 2.28. The first-order valence-electron chi connectivity index (χ1n) is 5.93. The third-order valence-electron chi connectivity index (χ3n) is 2.77. The van der Waals surface area contributed by atoms with Gasteiger partial charge in [0.15, 0.2) is 0 Å². The Hall–Kier alpha value is -2.26. The van der Waals surface area contributed by atoms with E-state index in [1.807, 2.05) is 6.07 Å². The summed E-state index contributed by atoms with van der Waals surface area (Å²) < 4.78 is 27.6. The van der Waals surface area contributed by atoms with Gasteiger partial charge in [0, 0.05) is 4.47 Å². The van der Waals surface area contributed by atoms with Crippen LogP contribution in [0.15, 0.2) is 46.9 Å². The summed E-state index contributed by atoms with van der Waals surface area (Å²) in [5.74, 6) is -2.97. The number of hydrogen-bond acceptors (Lipinski definition) is 2. The highest BCUT2D eigenvalue weighted by Gasteiger charge is 2.21. The van der Waals surface area contributed by atoms with Gasteiger partial charge in [-0.25, -0.2) is 8.78 Å². The van der Waals surface area contributed by atoms with Gasteiger partial charge in [-0.05, 0) is 17.7 Å². The summed E-state index contributed by atoms with van der Waals surface area (Å²) in [4.78, 5) is 12.0. The van der Waals surface area contributed by atoms with E-state index in [9.17, 15) is 13.6 Å². The zero-order chi connectivity index (χ0) is 15.4. The molecule has 0 fully saturated rings. The molecule has 0 saturated carbocycles. The van der Waals surface area contributed by atoms with Gasteiger partial charge in [0.1, 0.15) is 23.2 Å². The molecule has 106 valence electrons. The van der Waals surface area contributed by atoms with Crippen molar-refractivity contribution in [3.05, 3.63) is 69.7 Å². The number of hydrogen-bond donors (Lipinski definition) is 1. The van der Waals surface area contributed by atoms with Crippen molar-refractivity contribution in [2.45, 2.75) is 6.04 Å². The van der Waals surface area contributed by atoms with Crippen LogP contribution in [0.25, 0.3) is 0 Å². The molecular formula is C15H9BrF2N2O. The Morgan fingerprint density at radius 2 is 1.76 bits per heavy atom. The van der Waals surface area contributed by atoms with Crippen molar-refractivity contribution in [2.24, 2.45) is 0 Å². The predicted octanol–water partition coefficient (Wildman–Crippen LogP) is 3.72. The van der Waals surface area contributed by atoms with E-state index in [4.69, 9.17) is 5.26 Å². The minimum absolute atomic E-state index is 0.189. The number of carbonyl (C=O) groups excluding carboxylic acids is 1. The molecule has 1 unspecified atom stereocenters. The number of nitrogens with zero attached hydrogens (tertiary/aromatic N) is 1. The molecule has 2 aromatic carbocycles. The van der Waals surface area contributed by atoms with Crippen LogP contribution in [0.2, 0.25) is 0 Å². The molecule has 0 saturated heterocycles. The molecule has 0 heterocycles. The smallest absolute Gasteiger partial charge is 0.258 e. The second kappa shape index (κ2) is 6.46. The number of nitrogens with one attached hydrogen (secondary N) is 1. The molecule has 0 aliphatic carbocycles. The van der Waals surface area contributed by atoms with Crippen molar-refractivity contribution in [1.29, 1.82) is 5.26 Å². The highest BCUT2D eigenvalue weighted by molar-refractivity contribution is 9.10. The van der Waals surface area contributed by atoms with E-state index in [0.717, 1.165) is 12.1 Å². The standard InChI is InChI=1S/C15H9BrF2N2O/c16-10-6-11(17)14(12(18)7-10)15(21)20-13(8-19)9-4-2-1-3-5-9/h1-7,13H,(H,20,21). The molecule has 0 radical (unpaired) electrons. The average molecular weight is 351 g/mol. The lowest BCUT2D eigenvalue weighted by Gasteiger charge is -2.13. The molecule has 0 bridgehead atoms. The van der Waals surface area contributed by atoms with Gasteiger partial charge in [-0.2, -0.15) is 5.26 Å². The first-order chi connectivity index (χ1) is 10.0. The summed E-state index contributed by atoms with van der Waals surface area (Å²) in [6, 6.07) is 11.3. The molecule has 3 nitrogen and oxygen atoms in total. The predicted molar refractivity (Wildman–Crippen MR) is 76.3 cm³/mol. The van der Waals surface area contributed by atoms with Gasteiger partial charge in [0.05, 0.1) is 6.07 Å². The molecule has 21 heavy (non-hydrogen) atoms. The molecule has 2 aromatic rings. The van der Waals surface area contributed by atoms with E-state index < -0.39 is 29.1 Å². The Bertz CT molecular complexity index is 690. The van der Waals surface area contributed by atoms with Gasteiger partial charge in [-0.1, -0.05) is 46.3 Å². The number of nitriles is 1. The molecule has 2 rings (SSSR count). The second-order valence-corrected chi connectivity index (χ2v) is 5.11. The highest BCUT2D eigenvalue weighted by Crippen LogP contribution is 2.20. The van der Waals surface area contributed by atoms with Gasteiger partial charge in [-0.3, -0.25) is 4.79 Å². The lowest BCUT2D eigenvalue weighted by molar-refractivity contribution is 0.0936. The van der Waals surface area contributed by atoms with Crippen LogP contribution in [0.1, 0.15) is 22.0 Å². The first kappa shape index (κ1) is 15.1. The van der Waals surface area contributed by atoms with Crippen LogP contribution in [0.3, 0.4) is 0 Å². The van der Waals surface area contributed by atoms with E-state index in [1.54, 1.807) is 30.3 Å². The van der Waals surface area contributed by atoms with Crippen molar-refractivity contribution in [1.82, 2.24) is 5.32 Å². The normalized spacial score (nSPS) is 11.5. The molecule has 0 spiro atoms. The van der Waals surface area contributed by atoms with Crippen LogP contribution in [0.4, 0.5) is 8.78 Å². The maximum Gasteiger partial charge on any atom is 0.258 e. The van der Waals surface area contributed by atoms with E-state index in [0.29, 0.717) is 5.56 Å². The van der Waals surface area contributed by atoms with E-state index >= 15 is 0 Å². The summed E-state index contributed by atoms with van der Waals surface area (Å²) in [6.45, 7) is 0. The minimum atomic E-state index is -0.996. The average Bonchev–Trinajstić information content (AvgIpc) is 2.44.